The summed E-state index contributed by atoms with van der Waals surface area (Å²) in [5.74, 6) is 1.60. The number of halogens is 1. The second-order valence-corrected chi connectivity index (χ2v) is 6.46. The van der Waals surface area contributed by atoms with Gasteiger partial charge in [-0.3, -0.25) is 4.90 Å². The van der Waals surface area contributed by atoms with E-state index in [9.17, 15) is 0 Å². The predicted molar refractivity (Wildman–Crippen MR) is 80.5 cm³/mol. The van der Waals surface area contributed by atoms with Gasteiger partial charge in [0.2, 0.25) is 0 Å². The highest BCUT2D eigenvalue weighted by Gasteiger charge is 2.27. The van der Waals surface area contributed by atoms with Gasteiger partial charge in [0.05, 0.1) is 0 Å². The first-order valence-electron chi connectivity index (χ1n) is 6.81. The van der Waals surface area contributed by atoms with Gasteiger partial charge in [0.1, 0.15) is 0 Å². The van der Waals surface area contributed by atoms with E-state index in [1.165, 1.54) is 25.1 Å². The third kappa shape index (κ3) is 3.14. The molecule has 18 heavy (non-hydrogen) atoms. The number of hydrogen-bond acceptors (Lipinski definition) is 2. The molecule has 0 saturated carbocycles. The zero-order valence-corrected chi connectivity index (χ0v) is 12.9. The summed E-state index contributed by atoms with van der Waals surface area (Å²) in [5.41, 5.74) is 7.34. The first-order valence-corrected chi connectivity index (χ1v) is 7.60. The van der Waals surface area contributed by atoms with Crippen molar-refractivity contribution in [3.63, 3.8) is 0 Å². The molecule has 3 atom stereocenters. The number of likely N-dealkylation sites (tertiary alicyclic amines) is 1. The molecule has 1 heterocycles. The first-order chi connectivity index (χ1) is 8.61. The SMILES string of the molecule is CC1CCN(C(CN)c2ccc(Br)cc2)CC1C. The summed E-state index contributed by atoms with van der Waals surface area (Å²) in [7, 11) is 0. The van der Waals surface area contributed by atoms with Crippen molar-refractivity contribution in [3.8, 4) is 0 Å². The van der Waals surface area contributed by atoms with Crippen LogP contribution in [0.1, 0.15) is 31.9 Å². The molecule has 1 aliphatic rings. The van der Waals surface area contributed by atoms with Crippen LogP contribution < -0.4 is 5.73 Å². The summed E-state index contributed by atoms with van der Waals surface area (Å²) in [5, 5.41) is 0. The lowest BCUT2D eigenvalue weighted by atomic mass is 9.87. The Morgan fingerprint density at radius 3 is 2.50 bits per heavy atom. The number of piperidine rings is 1. The van der Waals surface area contributed by atoms with Crippen LogP contribution >= 0.6 is 15.9 Å². The van der Waals surface area contributed by atoms with Crippen LogP contribution in [0.4, 0.5) is 0 Å². The minimum Gasteiger partial charge on any atom is -0.329 e. The summed E-state index contributed by atoms with van der Waals surface area (Å²) in [6.45, 7) is 7.75. The van der Waals surface area contributed by atoms with E-state index >= 15 is 0 Å². The smallest absolute Gasteiger partial charge is 0.0470 e. The largest absolute Gasteiger partial charge is 0.329 e. The van der Waals surface area contributed by atoms with Gasteiger partial charge in [-0.1, -0.05) is 41.9 Å². The molecule has 1 aliphatic heterocycles. The lowest BCUT2D eigenvalue weighted by Gasteiger charge is -2.40. The Hall–Kier alpha value is -0.380. The molecule has 1 fully saturated rings. The van der Waals surface area contributed by atoms with Gasteiger partial charge in [-0.05, 0) is 42.5 Å². The van der Waals surface area contributed by atoms with Crippen molar-refractivity contribution in [1.82, 2.24) is 4.90 Å². The zero-order valence-electron chi connectivity index (χ0n) is 11.3. The highest BCUT2D eigenvalue weighted by atomic mass is 79.9. The molecule has 0 aromatic heterocycles. The molecule has 0 spiro atoms. The van der Waals surface area contributed by atoms with Crippen LogP contribution in [0.25, 0.3) is 0 Å². The van der Waals surface area contributed by atoms with Gasteiger partial charge in [-0.15, -0.1) is 0 Å². The first kappa shape index (κ1) is 14.0. The third-order valence-corrected chi connectivity index (χ3v) is 4.81. The molecular formula is C15H23BrN2. The summed E-state index contributed by atoms with van der Waals surface area (Å²) < 4.78 is 1.13. The topological polar surface area (TPSA) is 29.3 Å². The molecular weight excluding hydrogens is 288 g/mol. The van der Waals surface area contributed by atoms with E-state index < -0.39 is 0 Å². The normalized spacial score (nSPS) is 27.1. The molecule has 2 rings (SSSR count). The molecule has 0 aliphatic carbocycles. The third-order valence-electron chi connectivity index (χ3n) is 4.28. The summed E-state index contributed by atoms with van der Waals surface area (Å²) in [6.07, 6.45) is 1.29. The number of nitrogens with two attached hydrogens (primary N) is 1. The zero-order chi connectivity index (χ0) is 13.1. The predicted octanol–water partition coefficient (Wildman–Crippen LogP) is 3.43. The van der Waals surface area contributed by atoms with E-state index in [0.717, 1.165) is 16.3 Å². The fraction of sp³-hybridized carbons (Fsp3) is 0.600. The molecule has 2 nitrogen and oxygen atoms in total. The molecule has 3 heteroatoms. The molecule has 0 amide bonds. The minimum atomic E-state index is 0.369. The molecule has 0 bridgehead atoms. The van der Waals surface area contributed by atoms with Crippen LogP contribution in [0, 0.1) is 11.8 Å². The fourth-order valence-electron chi connectivity index (χ4n) is 2.76. The quantitative estimate of drug-likeness (QED) is 0.927. The number of rotatable bonds is 3. The fourth-order valence-corrected chi connectivity index (χ4v) is 3.02. The van der Waals surface area contributed by atoms with Crippen molar-refractivity contribution in [3.05, 3.63) is 34.3 Å². The number of nitrogens with zero attached hydrogens (tertiary/aromatic N) is 1. The monoisotopic (exact) mass is 310 g/mol. The van der Waals surface area contributed by atoms with Crippen molar-refractivity contribution in [2.45, 2.75) is 26.3 Å². The van der Waals surface area contributed by atoms with Crippen LogP contribution in [-0.2, 0) is 0 Å². The van der Waals surface area contributed by atoms with E-state index in [-0.39, 0.29) is 0 Å². The standard InChI is InChI=1S/C15H23BrN2/c1-11-7-8-18(10-12(11)2)15(9-17)13-3-5-14(16)6-4-13/h3-6,11-12,15H,7-10,17H2,1-2H3. The van der Waals surface area contributed by atoms with Crippen LogP contribution in [0.2, 0.25) is 0 Å². The highest BCUT2D eigenvalue weighted by Crippen LogP contribution is 2.29. The van der Waals surface area contributed by atoms with Crippen molar-refractivity contribution < 1.29 is 0 Å². The van der Waals surface area contributed by atoms with Gasteiger partial charge in [0, 0.05) is 23.6 Å². The maximum atomic E-state index is 6.00. The molecule has 1 aromatic carbocycles. The van der Waals surface area contributed by atoms with Crippen molar-refractivity contribution >= 4 is 15.9 Å². The molecule has 1 aromatic rings. The van der Waals surface area contributed by atoms with Gasteiger partial charge in [0.15, 0.2) is 0 Å². The Kier molecular flexibility index (Phi) is 4.82. The maximum Gasteiger partial charge on any atom is 0.0470 e. The Balaban J connectivity index is 2.11. The number of benzene rings is 1. The molecule has 1 saturated heterocycles. The molecule has 2 N–H and O–H groups in total. The Morgan fingerprint density at radius 2 is 1.94 bits per heavy atom. The van der Waals surface area contributed by atoms with E-state index in [1.54, 1.807) is 0 Å². The number of hydrogen-bond donors (Lipinski definition) is 1. The average Bonchev–Trinajstić information content (AvgIpc) is 2.37. The lowest BCUT2D eigenvalue weighted by molar-refractivity contribution is 0.0983. The summed E-state index contributed by atoms with van der Waals surface area (Å²) in [4.78, 5) is 2.55. The Bertz CT molecular complexity index is 377. The van der Waals surface area contributed by atoms with Crippen molar-refractivity contribution in [2.75, 3.05) is 19.6 Å². The van der Waals surface area contributed by atoms with E-state index in [1.807, 2.05) is 0 Å². The molecule has 100 valence electrons. The van der Waals surface area contributed by atoms with E-state index in [0.29, 0.717) is 12.6 Å². The van der Waals surface area contributed by atoms with Crippen LogP contribution in [-0.4, -0.2) is 24.5 Å². The van der Waals surface area contributed by atoms with E-state index in [2.05, 4.69) is 58.9 Å². The summed E-state index contributed by atoms with van der Waals surface area (Å²) in [6, 6.07) is 8.95. The lowest BCUT2D eigenvalue weighted by Crippen LogP contribution is -2.43. The van der Waals surface area contributed by atoms with Crippen LogP contribution in [0.15, 0.2) is 28.7 Å². The van der Waals surface area contributed by atoms with Gasteiger partial charge in [0.25, 0.3) is 0 Å². The van der Waals surface area contributed by atoms with Gasteiger partial charge in [-0.2, -0.15) is 0 Å². The second kappa shape index (κ2) is 6.18. The second-order valence-electron chi connectivity index (χ2n) is 5.54. The minimum absolute atomic E-state index is 0.369. The van der Waals surface area contributed by atoms with Gasteiger partial charge >= 0.3 is 0 Å². The molecule has 3 unspecified atom stereocenters. The maximum absolute atomic E-state index is 6.00. The van der Waals surface area contributed by atoms with Gasteiger partial charge < -0.3 is 5.73 Å². The van der Waals surface area contributed by atoms with Crippen molar-refractivity contribution in [2.24, 2.45) is 17.6 Å². The van der Waals surface area contributed by atoms with Crippen LogP contribution in [0.5, 0.6) is 0 Å². The average molecular weight is 311 g/mol. The summed E-state index contributed by atoms with van der Waals surface area (Å²) >= 11 is 3.49. The Labute approximate surface area is 119 Å². The van der Waals surface area contributed by atoms with Crippen LogP contribution in [0.3, 0.4) is 0 Å². The van der Waals surface area contributed by atoms with Crippen molar-refractivity contribution in [1.29, 1.82) is 0 Å². The van der Waals surface area contributed by atoms with E-state index in [4.69, 9.17) is 5.73 Å². The Morgan fingerprint density at radius 1 is 1.28 bits per heavy atom. The van der Waals surface area contributed by atoms with Gasteiger partial charge in [-0.25, -0.2) is 0 Å². The molecule has 0 radical (unpaired) electrons. The highest BCUT2D eigenvalue weighted by molar-refractivity contribution is 9.10.